The number of aromatic nitrogens is 1. The Morgan fingerprint density at radius 1 is 1.42 bits per heavy atom. The van der Waals surface area contributed by atoms with Gasteiger partial charge in [-0.2, -0.15) is 0 Å². The molecule has 3 rings (SSSR count). The van der Waals surface area contributed by atoms with Crippen LogP contribution in [0.5, 0.6) is 5.75 Å². The molecule has 0 aliphatic carbocycles. The highest BCUT2D eigenvalue weighted by atomic mass is 35.5. The number of nitrogens with one attached hydrogen (secondary N) is 1. The van der Waals surface area contributed by atoms with Crippen LogP contribution in [0.3, 0.4) is 0 Å². The van der Waals surface area contributed by atoms with Gasteiger partial charge in [-0.1, -0.05) is 11.6 Å². The first kappa shape index (κ1) is 16.2. The van der Waals surface area contributed by atoms with Gasteiger partial charge in [0.1, 0.15) is 5.82 Å². The number of pyridine rings is 1. The number of nitrogens with zero attached hydrogens (tertiary/aromatic N) is 2. The normalized spacial score (nSPS) is 19.5. The fourth-order valence-electron chi connectivity index (χ4n) is 2.37. The summed E-state index contributed by atoms with van der Waals surface area (Å²) in [4.78, 5) is 30.4. The quantitative estimate of drug-likeness (QED) is 0.846. The lowest BCUT2D eigenvalue weighted by Gasteiger charge is -2.36. The zero-order valence-corrected chi connectivity index (χ0v) is 13.6. The number of anilines is 2. The number of hydrogen-bond acceptors (Lipinski definition) is 4. The van der Waals surface area contributed by atoms with Gasteiger partial charge < -0.3 is 10.1 Å². The highest BCUT2D eigenvalue weighted by Gasteiger charge is 2.50. The smallest absolute Gasteiger partial charge is 0.281 e. The summed E-state index contributed by atoms with van der Waals surface area (Å²) < 4.78 is 19.5. The zero-order valence-electron chi connectivity index (χ0n) is 12.8. The number of likely N-dealkylation sites (N-methyl/N-ethyl adjacent to an activating group) is 1. The van der Waals surface area contributed by atoms with Crippen molar-refractivity contribution in [3.63, 3.8) is 0 Å². The van der Waals surface area contributed by atoms with Gasteiger partial charge in [-0.05, 0) is 37.3 Å². The summed E-state index contributed by atoms with van der Waals surface area (Å²) >= 11 is 5.68. The van der Waals surface area contributed by atoms with Crippen LogP contribution in [0.4, 0.5) is 15.9 Å². The van der Waals surface area contributed by atoms with E-state index < -0.39 is 23.2 Å². The number of benzene rings is 1. The number of hydrogen-bond donors (Lipinski definition) is 1. The molecule has 2 amide bonds. The number of rotatable bonds is 2. The average molecular weight is 350 g/mol. The lowest BCUT2D eigenvalue weighted by atomic mass is 10.0. The van der Waals surface area contributed by atoms with Gasteiger partial charge >= 0.3 is 0 Å². The molecule has 1 unspecified atom stereocenters. The Morgan fingerprint density at radius 3 is 2.88 bits per heavy atom. The SMILES string of the molecule is CN1C(=O)C(C)(C(=O)Nc2ccc(Cl)cc2F)Oc2cccnc21. The summed E-state index contributed by atoms with van der Waals surface area (Å²) in [6.45, 7) is 1.32. The lowest BCUT2D eigenvalue weighted by molar-refractivity contribution is -0.145. The largest absolute Gasteiger partial charge is 0.464 e. The van der Waals surface area contributed by atoms with Crippen molar-refractivity contribution >= 4 is 34.9 Å². The number of halogens is 2. The summed E-state index contributed by atoms with van der Waals surface area (Å²) in [5.74, 6) is -1.52. The number of fused-ring (bicyclic) bond motifs is 1. The summed E-state index contributed by atoms with van der Waals surface area (Å²) in [6.07, 6.45) is 1.51. The van der Waals surface area contributed by atoms with Crippen LogP contribution in [0.2, 0.25) is 5.02 Å². The van der Waals surface area contributed by atoms with Crippen LogP contribution in [0.25, 0.3) is 0 Å². The number of carbonyl (C=O) groups excluding carboxylic acids is 2. The van der Waals surface area contributed by atoms with Crippen molar-refractivity contribution in [1.82, 2.24) is 4.98 Å². The van der Waals surface area contributed by atoms with Crippen LogP contribution in [-0.4, -0.2) is 29.4 Å². The predicted octanol–water partition coefficient (Wildman–Crippen LogP) is 2.63. The Balaban J connectivity index is 1.93. The summed E-state index contributed by atoms with van der Waals surface area (Å²) in [7, 11) is 1.49. The lowest BCUT2D eigenvalue weighted by Crippen LogP contribution is -2.60. The van der Waals surface area contributed by atoms with E-state index in [9.17, 15) is 14.0 Å². The molecule has 0 bridgehead atoms. The predicted molar refractivity (Wildman–Crippen MR) is 86.7 cm³/mol. The first-order valence-electron chi connectivity index (χ1n) is 7.01. The summed E-state index contributed by atoms with van der Waals surface area (Å²) in [6, 6.07) is 7.02. The molecule has 0 saturated carbocycles. The minimum Gasteiger partial charge on any atom is -0.464 e. The second-order valence-corrected chi connectivity index (χ2v) is 5.84. The minimum absolute atomic E-state index is 0.0957. The van der Waals surface area contributed by atoms with E-state index >= 15 is 0 Å². The molecule has 0 saturated heterocycles. The van der Waals surface area contributed by atoms with Gasteiger partial charge in [-0.3, -0.25) is 14.5 Å². The molecule has 0 spiro atoms. The molecule has 0 fully saturated rings. The maximum atomic E-state index is 13.9. The molecule has 1 N–H and O–H groups in total. The fraction of sp³-hybridized carbons (Fsp3) is 0.188. The molecule has 0 radical (unpaired) electrons. The van der Waals surface area contributed by atoms with Crippen LogP contribution >= 0.6 is 11.6 Å². The number of ether oxygens (including phenoxy) is 1. The van der Waals surface area contributed by atoms with Crippen molar-refractivity contribution in [2.75, 3.05) is 17.3 Å². The molecule has 8 heteroatoms. The Hall–Kier alpha value is -2.67. The summed E-state index contributed by atoms with van der Waals surface area (Å²) in [5, 5.41) is 2.56. The van der Waals surface area contributed by atoms with E-state index in [0.29, 0.717) is 5.82 Å². The van der Waals surface area contributed by atoms with Crippen LogP contribution < -0.4 is 15.0 Å². The molecule has 1 aliphatic heterocycles. The van der Waals surface area contributed by atoms with E-state index in [1.807, 2.05) is 0 Å². The fourth-order valence-corrected chi connectivity index (χ4v) is 2.53. The van der Waals surface area contributed by atoms with Gasteiger partial charge in [-0.15, -0.1) is 0 Å². The van der Waals surface area contributed by atoms with Crippen molar-refractivity contribution in [3.8, 4) is 5.75 Å². The second kappa shape index (κ2) is 5.76. The van der Waals surface area contributed by atoms with Crippen molar-refractivity contribution in [2.45, 2.75) is 12.5 Å². The van der Waals surface area contributed by atoms with Gasteiger partial charge in [0.05, 0.1) is 5.69 Å². The third-order valence-electron chi connectivity index (χ3n) is 3.71. The maximum absolute atomic E-state index is 13.9. The average Bonchev–Trinajstić information content (AvgIpc) is 2.55. The van der Waals surface area contributed by atoms with E-state index in [1.165, 1.54) is 37.2 Å². The van der Waals surface area contributed by atoms with Crippen LogP contribution in [0.15, 0.2) is 36.5 Å². The molecule has 1 aromatic carbocycles. The van der Waals surface area contributed by atoms with Gasteiger partial charge in [0.15, 0.2) is 11.6 Å². The number of amides is 2. The van der Waals surface area contributed by atoms with Gasteiger partial charge in [0.25, 0.3) is 17.4 Å². The van der Waals surface area contributed by atoms with Gasteiger partial charge in [0, 0.05) is 18.3 Å². The van der Waals surface area contributed by atoms with Crippen molar-refractivity contribution < 1.29 is 18.7 Å². The molecule has 2 aromatic rings. The second-order valence-electron chi connectivity index (χ2n) is 5.40. The van der Waals surface area contributed by atoms with Crippen molar-refractivity contribution in [2.24, 2.45) is 0 Å². The topological polar surface area (TPSA) is 71.5 Å². The first-order chi connectivity index (χ1) is 11.3. The van der Waals surface area contributed by atoms with E-state index in [2.05, 4.69) is 10.3 Å². The Kier molecular flexibility index (Phi) is 3.88. The maximum Gasteiger partial charge on any atom is 0.281 e. The molecule has 6 nitrogen and oxygen atoms in total. The Bertz CT molecular complexity index is 845. The van der Waals surface area contributed by atoms with Gasteiger partial charge in [-0.25, -0.2) is 9.37 Å². The number of carbonyl (C=O) groups is 2. The Labute approximate surface area is 142 Å². The molecule has 1 aromatic heterocycles. The first-order valence-corrected chi connectivity index (χ1v) is 7.39. The van der Waals surface area contributed by atoms with Gasteiger partial charge in [0.2, 0.25) is 0 Å². The van der Waals surface area contributed by atoms with Crippen LogP contribution in [0.1, 0.15) is 6.92 Å². The molecule has 124 valence electrons. The Morgan fingerprint density at radius 2 is 2.17 bits per heavy atom. The zero-order chi connectivity index (χ0) is 17.5. The van der Waals surface area contributed by atoms with Crippen molar-refractivity contribution in [3.05, 3.63) is 47.4 Å². The molecule has 1 aliphatic rings. The molecular formula is C16H13ClFN3O3. The van der Waals surface area contributed by atoms with E-state index in [1.54, 1.807) is 12.1 Å². The van der Waals surface area contributed by atoms with E-state index in [-0.39, 0.29) is 16.5 Å². The third-order valence-corrected chi connectivity index (χ3v) is 3.94. The molecule has 1 atom stereocenters. The molecule has 2 heterocycles. The third kappa shape index (κ3) is 2.56. The van der Waals surface area contributed by atoms with Crippen LogP contribution in [0, 0.1) is 5.82 Å². The summed E-state index contributed by atoms with van der Waals surface area (Å²) in [5.41, 5.74) is -1.95. The van der Waals surface area contributed by atoms with E-state index in [0.717, 1.165) is 6.07 Å². The van der Waals surface area contributed by atoms with E-state index in [4.69, 9.17) is 16.3 Å². The standard InChI is InChI=1S/C16H13ClFN3O3/c1-16(14(22)20-11-6-5-9(17)8-10(11)18)15(23)21(2)13-12(24-16)4-3-7-19-13/h3-8H,1-2H3,(H,20,22). The van der Waals surface area contributed by atoms with Crippen molar-refractivity contribution in [1.29, 1.82) is 0 Å². The highest BCUT2D eigenvalue weighted by molar-refractivity contribution is 6.30. The molecule has 24 heavy (non-hydrogen) atoms. The minimum atomic E-state index is -1.85. The van der Waals surface area contributed by atoms with Crippen LogP contribution in [-0.2, 0) is 9.59 Å². The highest BCUT2D eigenvalue weighted by Crippen LogP contribution is 2.35. The monoisotopic (exact) mass is 349 g/mol. The molecular weight excluding hydrogens is 337 g/mol.